The molecule has 1 aromatic rings. The van der Waals surface area contributed by atoms with E-state index in [4.69, 9.17) is 61.6 Å². The van der Waals surface area contributed by atoms with E-state index in [1.165, 1.54) is 27.7 Å². The van der Waals surface area contributed by atoms with E-state index in [2.05, 4.69) is 62.8 Å². The SMILES string of the molecule is CC(=O)NC1[C@H](OCCCCC(=O)NCCCNC(=O)CCOCC(COCCC(=O)CCCCCC(=O)CCCCO[C@@H]2OC(COC(C)=O)[C@H](C)[C@H](C)C2C)(COCCC(=O)CCCCCC(=O)CCCCO[C@@H]2OC(COC(C)=O)[C@H](C)[C@H](C)C2C)NC(=O)OCCCc2ccccc2)OC(COC(C)=O)[C@H](C)[C@@H]1C. The number of unbranched alkanes of at least 4 members (excludes halogenated alkanes) is 7. The summed E-state index contributed by atoms with van der Waals surface area (Å²) < 4.78 is 76.7. The van der Waals surface area contributed by atoms with Gasteiger partial charge < -0.3 is 82.8 Å². The predicted octanol–water partition coefficient (Wildman–Crippen LogP) is 11.1. The summed E-state index contributed by atoms with van der Waals surface area (Å²) in [5.74, 6) is -0.321. The molecule has 3 heterocycles. The van der Waals surface area contributed by atoms with Crippen LogP contribution in [0.5, 0.6) is 0 Å². The quantitative estimate of drug-likeness (QED) is 0.0267. The van der Waals surface area contributed by atoms with Crippen LogP contribution >= 0.6 is 0 Å². The fourth-order valence-electron chi connectivity index (χ4n) is 14.0. The number of esters is 3. The number of hydrogen-bond donors (Lipinski definition) is 4. The van der Waals surface area contributed by atoms with Gasteiger partial charge in [-0.3, -0.25) is 47.9 Å². The summed E-state index contributed by atoms with van der Waals surface area (Å²) in [6.45, 7) is 23.8. The molecule has 15 atom stereocenters. The number of rotatable bonds is 61. The van der Waals surface area contributed by atoms with Crippen molar-refractivity contribution in [2.45, 2.75) is 292 Å². The first kappa shape index (κ1) is 99.0. The van der Waals surface area contributed by atoms with Crippen LogP contribution in [-0.4, -0.2) is 213 Å². The second-order valence-electron chi connectivity index (χ2n) is 31.5. The van der Waals surface area contributed by atoms with Gasteiger partial charge in [0.05, 0.1) is 70.6 Å². The Morgan fingerprint density at radius 2 is 0.735 bits per heavy atom. The van der Waals surface area contributed by atoms with E-state index in [1.54, 1.807) is 0 Å². The van der Waals surface area contributed by atoms with Crippen molar-refractivity contribution in [1.29, 1.82) is 0 Å². The number of hydrogen-bond acceptors (Lipinski definition) is 24. The number of aryl methyl sites for hydroxylation is 1. The van der Waals surface area contributed by atoms with Crippen molar-refractivity contribution in [3.63, 3.8) is 0 Å². The van der Waals surface area contributed by atoms with Crippen molar-refractivity contribution >= 4 is 64.9 Å². The van der Waals surface area contributed by atoms with Gasteiger partial charge in [-0.2, -0.15) is 0 Å². The van der Waals surface area contributed by atoms with Gasteiger partial charge in [-0.15, -0.1) is 0 Å². The molecule has 28 heteroatoms. The summed E-state index contributed by atoms with van der Waals surface area (Å²) in [7, 11) is 0. The molecule has 28 nitrogen and oxygen atoms in total. The molecule has 0 aromatic heterocycles. The number of benzene rings is 1. The monoisotopic (exact) mass is 1600 g/mol. The van der Waals surface area contributed by atoms with Crippen molar-refractivity contribution in [2.24, 2.45) is 47.3 Å². The number of Topliss-reactive ketones (excluding diaryl/α,β-unsaturated/α-hetero) is 4. The minimum Gasteiger partial charge on any atom is -0.463 e. The van der Waals surface area contributed by atoms with Gasteiger partial charge in [0.15, 0.2) is 18.9 Å². The van der Waals surface area contributed by atoms with Gasteiger partial charge in [0, 0.05) is 137 Å². The normalized spacial score (nSPS) is 24.1. The molecule has 113 heavy (non-hydrogen) atoms. The number of carbonyl (C=O) groups excluding carboxylic acids is 11. The Kier molecular flexibility index (Phi) is 49.8. The fourth-order valence-corrected chi connectivity index (χ4v) is 14.0. The maximum atomic E-state index is 13.8. The maximum Gasteiger partial charge on any atom is 0.407 e. The van der Waals surface area contributed by atoms with Gasteiger partial charge in [-0.1, -0.05) is 98.6 Å². The van der Waals surface area contributed by atoms with Crippen molar-refractivity contribution in [1.82, 2.24) is 21.3 Å². The molecular weight excluding hydrogens is 1460 g/mol. The molecule has 0 radical (unpaired) electrons. The summed E-state index contributed by atoms with van der Waals surface area (Å²) >= 11 is 0. The van der Waals surface area contributed by atoms with Crippen LogP contribution in [0.25, 0.3) is 0 Å². The Hall–Kier alpha value is -6.37. The van der Waals surface area contributed by atoms with Gasteiger partial charge in [-0.05, 0) is 125 Å². The molecule has 644 valence electrons. The van der Waals surface area contributed by atoms with Crippen LogP contribution in [-0.2, 0) is 116 Å². The summed E-state index contributed by atoms with van der Waals surface area (Å²) in [5.41, 5.74) is -0.329. The van der Waals surface area contributed by atoms with Crippen LogP contribution < -0.4 is 21.3 Å². The average Bonchev–Trinajstić information content (AvgIpc) is 0.744. The van der Waals surface area contributed by atoms with Crippen LogP contribution in [0.1, 0.15) is 243 Å². The molecule has 0 bridgehead atoms. The number of alkyl carbamates (subject to hydrolysis) is 1. The minimum atomic E-state index is -1.41. The van der Waals surface area contributed by atoms with Crippen molar-refractivity contribution in [2.75, 3.05) is 99.0 Å². The van der Waals surface area contributed by atoms with Crippen LogP contribution in [0.4, 0.5) is 4.79 Å². The smallest absolute Gasteiger partial charge is 0.407 e. The number of ketones is 4. The van der Waals surface area contributed by atoms with E-state index < -0.39 is 48.6 Å². The van der Waals surface area contributed by atoms with Crippen molar-refractivity contribution in [3.05, 3.63) is 35.9 Å². The Balaban J connectivity index is 1.25. The summed E-state index contributed by atoms with van der Waals surface area (Å²) in [4.78, 5) is 138. The molecule has 6 unspecified atom stereocenters. The van der Waals surface area contributed by atoms with E-state index in [0.717, 1.165) is 5.56 Å². The Morgan fingerprint density at radius 3 is 1.16 bits per heavy atom. The van der Waals surface area contributed by atoms with Crippen LogP contribution in [0.3, 0.4) is 0 Å². The van der Waals surface area contributed by atoms with E-state index >= 15 is 0 Å². The summed E-state index contributed by atoms with van der Waals surface area (Å²) in [6, 6.07) is 9.37. The first-order valence-corrected chi connectivity index (χ1v) is 41.9. The third-order valence-corrected chi connectivity index (χ3v) is 22.2. The Morgan fingerprint density at radius 1 is 0.363 bits per heavy atom. The molecule has 0 saturated carbocycles. The molecule has 3 aliphatic heterocycles. The van der Waals surface area contributed by atoms with Gasteiger partial charge in [0.1, 0.15) is 48.5 Å². The molecule has 0 aliphatic carbocycles. The van der Waals surface area contributed by atoms with E-state index in [1.807, 2.05) is 44.2 Å². The minimum absolute atomic E-state index is 0.00347. The Labute approximate surface area is 672 Å². The van der Waals surface area contributed by atoms with E-state index in [0.29, 0.717) is 166 Å². The zero-order valence-electron chi connectivity index (χ0n) is 70.1. The highest BCUT2D eigenvalue weighted by molar-refractivity contribution is 5.80. The number of carbonyl (C=O) groups is 11. The molecule has 3 fully saturated rings. The summed E-state index contributed by atoms with van der Waals surface area (Å²) in [6.07, 6.45) is 8.72. The Bertz CT molecular complexity index is 2860. The number of nitrogens with one attached hydrogen (secondary N) is 4. The molecule has 1 aromatic carbocycles. The summed E-state index contributed by atoms with van der Waals surface area (Å²) in [5, 5.41) is 11.6. The highest BCUT2D eigenvalue weighted by Crippen LogP contribution is 2.38. The molecule has 3 saturated heterocycles. The third-order valence-electron chi connectivity index (χ3n) is 22.2. The van der Waals surface area contributed by atoms with Gasteiger partial charge >= 0.3 is 24.0 Å². The maximum absolute atomic E-state index is 13.8. The van der Waals surface area contributed by atoms with Gasteiger partial charge in [-0.25, -0.2) is 4.79 Å². The van der Waals surface area contributed by atoms with Gasteiger partial charge in [0.2, 0.25) is 17.7 Å². The number of ether oxygens (including phenoxy) is 13. The second kappa shape index (κ2) is 56.8. The molecule has 4 N–H and O–H groups in total. The average molecular weight is 1600 g/mol. The zero-order chi connectivity index (χ0) is 82.9. The second-order valence-corrected chi connectivity index (χ2v) is 31.5. The molecule has 0 spiro atoms. The lowest BCUT2D eigenvalue weighted by Crippen LogP contribution is -2.59. The third kappa shape index (κ3) is 41.9. The molecule has 3 aliphatic rings. The first-order valence-electron chi connectivity index (χ1n) is 41.9. The lowest BCUT2D eigenvalue weighted by molar-refractivity contribution is -0.255. The molecule has 4 rings (SSSR count). The fraction of sp³-hybridized carbons (Fsp3) is 0.800. The van der Waals surface area contributed by atoms with Crippen LogP contribution in [0.15, 0.2) is 30.3 Å². The number of amides is 4. The standard InChI is InChI=1S/C85H140N4O24/c1-58-60(3)75(52-108-67(10)91)111-81(64(58)7)104-45-25-22-37-71(94)33-18-14-20-35-73(96)40-49-101-55-85(89-84(100)107-48-28-32-70-30-16-13-17-31-70,56-102-50-41-74(97)36-21-15-19-34-72(95)38-23-26-46-105-82-65(8)59(2)61(4)76(112-82)53-109-68(11)92)57-103-51-42-79(99)87-44-29-43-86-78(98)39-24-27-47-106-83-80(88-66(9)90)63(6)62(5)77(113-83)54-110-69(12)93/h13,16-17,30-31,58-65,75-77,80-83H,14-15,18-29,32-57H2,1-12H3,(H,86,98)(H,87,99)(H,88,90)(H,89,100)/t58-,59-,60+,61+,62+,63-,64?,65?,75?,76?,77?,80?,81+,82+,83+,85?/m0/s1. The van der Waals surface area contributed by atoms with Crippen molar-refractivity contribution in [3.8, 4) is 0 Å². The lowest BCUT2D eigenvalue weighted by atomic mass is 9.79. The zero-order valence-corrected chi connectivity index (χ0v) is 70.1. The highest BCUT2D eigenvalue weighted by atomic mass is 16.7. The van der Waals surface area contributed by atoms with Crippen molar-refractivity contribution < 1.29 is 114 Å². The van der Waals surface area contributed by atoms with E-state index in [-0.39, 0.29) is 205 Å². The van der Waals surface area contributed by atoms with Crippen LogP contribution in [0, 0.1) is 47.3 Å². The lowest BCUT2D eigenvalue weighted by Gasteiger charge is -2.44. The largest absolute Gasteiger partial charge is 0.463 e. The van der Waals surface area contributed by atoms with E-state index in [9.17, 15) is 52.7 Å². The predicted molar refractivity (Wildman–Crippen MR) is 421 cm³/mol. The van der Waals surface area contributed by atoms with Gasteiger partial charge in [0.25, 0.3) is 0 Å². The highest BCUT2D eigenvalue weighted by Gasteiger charge is 2.45. The molecule has 4 amide bonds. The first-order chi connectivity index (χ1) is 54.1. The van der Waals surface area contributed by atoms with Crippen LogP contribution in [0.2, 0.25) is 0 Å². The molecular formula is C85H140N4O24. The topological polar surface area (TPSA) is 356 Å².